The predicted molar refractivity (Wildman–Crippen MR) is 60.2 cm³/mol. The SMILES string of the molecule is CC(C)(C=O)CC=C1CCCCCC1. The predicted octanol–water partition coefficient (Wildman–Crippen LogP) is 3.88. The van der Waals surface area contributed by atoms with Crippen LogP contribution in [0, 0.1) is 5.41 Å². The summed E-state index contributed by atoms with van der Waals surface area (Å²) >= 11 is 0. The van der Waals surface area contributed by atoms with Crippen LogP contribution >= 0.6 is 0 Å². The first-order valence-corrected chi connectivity index (χ1v) is 5.78. The van der Waals surface area contributed by atoms with Gasteiger partial charge in [-0.1, -0.05) is 38.3 Å². The molecule has 1 aliphatic carbocycles. The summed E-state index contributed by atoms with van der Waals surface area (Å²) in [6, 6.07) is 0. The van der Waals surface area contributed by atoms with E-state index in [2.05, 4.69) is 6.08 Å². The second-order valence-corrected chi connectivity index (χ2v) is 5.09. The zero-order valence-electron chi connectivity index (χ0n) is 9.51. The van der Waals surface area contributed by atoms with Crippen molar-refractivity contribution in [2.24, 2.45) is 5.41 Å². The Kier molecular flexibility index (Phi) is 4.37. The van der Waals surface area contributed by atoms with Crippen molar-refractivity contribution in [3.63, 3.8) is 0 Å². The molecule has 0 aromatic carbocycles. The molecular formula is C13H22O. The second-order valence-electron chi connectivity index (χ2n) is 5.09. The quantitative estimate of drug-likeness (QED) is 0.378. The maximum atomic E-state index is 10.7. The van der Waals surface area contributed by atoms with Gasteiger partial charge in [-0.2, -0.15) is 0 Å². The van der Waals surface area contributed by atoms with Crippen molar-refractivity contribution in [3.05, 3.63) is 11.6 Å². The maximum Gasteiger partial charge on any atom is 0.125 e. The lowest BCUT2D eigenvalue weighted by Crippen LogP contribution is -2.11. The first-order chi connectivity index (χ1) is 6.64. The van der Waals surface area contributed by atoms with Crippen LogP contribution in [0.4, 0.5) is 0 Å². The van der Waals surface area contributed by atoms with Crippen LogP contribution in [-0.2, 0) is 4.79 Å². The Labute approximate surface area is 87.6 Å². The van der Waals surface area contributed by atoms with E-state index in [4.69, 9.17) is 0 Å². The van der Waals surface area contributed by atoms with Gasteiger partial charge >= 0.3 is 0 Å². The van der Waals surface area contributed by atoms with E-state index in [-0.39, 0.29) is 5.41 Å². The van der Waals surface area contributed by atoms with Crippen LogP contribution in [0.5, 0.6) is 0 Å². The summed E-state index contributed by atoms with van der Waals surface area (Å²) in [4.78, 5) is 10.7. The molecule has 0 aromatic rings. The number of aldehydes is 1. The molecule has 14 heavy (non-hydrogen) atoms. The van der Waals surface area contributed by atoms with Crippen LogP contribution in [0.3, 0.4) is 0 Å². The second kappa shape index (κ2) is 5.33. The first-order valence-electron chi connectivity index (χ1n) is 5.78. The molecule has 0 saturated heterocycles. The minimum absolute atomic E-state index is 0.167. The number of carbonyl (C=O) groups is 1. The molecule has 0 atom stereocenters. The summed E-state index contributed by atoms with van der Waals surface area (Å²) in [7, 11) is 0. The van der Waals surface area contributed by atoms with Gasteiger partial charge in [0.25, 0.3) is 0 Å². The lowest BCUT2D eigenvalue weighted by molar-refractivity contribution is -0.114. The minimum atomic E-state index is -0.167. The molecular weight excluding hydrogens is 172 g/mol. The number of allylic oxidation sites excluding steroid dienone is 2. The Morgan fingerprint density at radius 1 is 1.14 bits per heavy atom. The van der Waals surface area contributed by atoms with Crippen molar-refractivity contribution in [3.8, 4) is 0 Å². The minimum Gasteiger partial charge on any atom is -0.303 e. The summed E-state index contributed by atoms with van der Waals surface area (Å²) in [5.74, 6) is 0. The highest BCUT2D eigenvalue weighted by Crippen LogP contribution is 2.25. The van der Waals surface area contributed by atoms with Gasteiger partial charge in [0.2, 0.25) is 0 Å². The first kappa shape index (κ1) is 11.5. The fourth-order valence-electron chi connectivity index (χ4n) is 1.84. The van der Waals surface area contributed by atoms with E-state index in [1.54, 1.807) is 5.57 Å². The standard InChI is InChI=1S/C13H22O/c1-13(2,11-14)10-9-12-7-5-3-4-6-8-12/h9,11H,3-8,10H2,1-2H3. The largest absolute Gasteiger partial charge is 0.303 e. The van der Waals surface area contributed by atoms with Crippen molar-refractivity contribution in [2.45, 2.75) is 58.8 Å². The van der Waals surface area contributed by atoms with Gasteiger partial charge in [-0.25, -0.2) is 0 Å². The maximum absolute atomic E-state index is 10.7. The summed E-state index contributed by atoms with van der Waals surface area (Å²) in [6.45, 7) is 4.02. The lowest BCUT2D eigenvalue weighted by atomic mass is 9.89. The van der Waals surface area contributed by atoms with Gasteiger partial charge < -0.3 is 4.79 Å². The van der Waals surface area contributed by atoms with Crippen molar-refractivity contribution in [2.75, 3.05) is 0 Å². The zero-order chi connectivity index (χ0) is 10.4. The molecule has 1 saturated carbocycles. The van der Waals surface area contributed by atoms with Gasteiger partial charge in [0, 0.05) is 5.41 Å². The average molecular weight is 194 g/mol. The van der Waals surface area contributed by atoms with Crippen LogP contribution in [0.1, 0.15) is 58.8 Å². The summed E-state index contributed by atoms with van der Waals surface area (Å²) < 4.78 is 0. The van der Waals surface area contributed by atoms with Gasteiger partial charge in [0.1, 0.15) is 6.29 Å². The van der Waals surface area contributed by atoms with Crippen LogP contribution in [0.2, 0.25) is 0 Å². The zero-order valence-corrected chi connectivity index (χ0v) is 9.51. The molecule has 0 aromatic heterocycles. The van der Waals surface area contributed by atoms with Crippen LogP contribution in [-0.4, -0.2) is 6.29 Å². The molecule has 0 radical (unpaired) electrons. The molecule has 0 bridgehead atoms. The molecule has 1 nitrogen and oxygen atoms in total. The lowest BCUT2D eigenvalue weighted by Gasteiger charge is -2.14. The summed E-state index contributed by atoms with van der Waals surface area (Å²) in [5.41, 5.74) is 1.41. The van der Waals surface area contributed by atoms with Gasteiger partial charge in [0.05, 0.1) is 0 Å². The van der Waals surface area contributed by atoms with Gasteiger partial charge in [-0.05, 0) is 32.1 Å². The number of hydrogen-bond acceptors (Lipinski definition) is 1. The van der Waals surface area contributed by atoms with Crippen molar-refractivity contribution >= 4 is 6.29 Å². The number of carbonyl (C=O) groups excluding carboxylic acids is 1. The van der Waals surface area contributed by atoms with E-state index in [1.165, 1.54) is 38.5 Å². The van der Waals surface area contributed by atoms with Crippen molar-refractivity contribution in [1.82, 2.24) is 0 Å². The fraction of sp³-hybridized carbons (Fsp3) is 0.769. The molecule has 0 N–H and O–H groups in total. The Morgan fingerprint density at radius 3 is 2.21 bits per heavy atom. The molecule has 0 heterocycles. The Morgan fingerprint density at radius 2 is 1.71 bits per heavy atom. The molecule has 1 fully saturated rings. The summed E-state index contributed by atoms with van der Waals surface area (Å²) in [6.07, 6.45) is 12.2. The molecule has 1 rings (SSSR count). The summed E-state index contributed by atoms with van der Waals surface area (Å²) in [5, 5.41) is 0. The smallest absolute Gasteiger partial charge is 0.125 e. The van der Waals surface area contributed by atoms with Crippen LogP contribution in [0.25, 0.3) is 0 Å². The normalized spacial score (nSPS) is 18.9. The highest BCUT2D eigenvalue weighted by Gasteiger charge is 2.15. The van der Waals surface area contributed by atoms with E-state index in [0.29, 0.717) is 0 Å². The van der Waals surface area contributed by atoms with E-state index in [9.17, 15) is 4.79 Å². The monoisotopic (exact) mass is 194 g/mol. The van der Waals surface area contributed by atoms with E-state index >= 15 is 0 Å². The number of hydrogen-bond donors (Lipinski definition) is 0. The topological polar surface area (TPSA) is 17.1 Å². The van der Waals surface area contributed by atoms with Crippen molar-refractivity contribution < 1.29 is 4.79 Å². The molecule has 1 aliphatic rings. The Hall–Kier alpha value is -0.590. The van der Waals surface area contributed by atoms with Crippen LogP contribution in [0.15, 0.2) is 11.6 Å². The highest BCUT2D eigenvalue weighted by atomic mass is 16.1. The van der Waals surface area contributed by atoms with Crippen molar-refractivity contribution in [1.29, 1.82) is 0 Å². The molecule has 80 valence electrons. The Balaban J connectivity index is 2.45. The molecule has 0 spiro atoms. The van der Waals surface area contributed by atoms with Crippen LogP contribution < -0.4 is 0 Å². The highest BCUT2D eigenvalue weighted by molar-refractivity contribution is 5.58. The molecule has 0 amide bonds. The van der Waals surface area contributed by atoms with E-state index in [1.807, 2.05) is 13.8 Å². The molecule has 1 heteroatoms. The van der Waals surface area contributed by atoms with Gasteiger partial charge in [-0.15, -0.1) is 0 Å². The molecule has 0 unspecified atom stereocenters. The molecule has 0 aliphatic heterocycles. The van der Waals surface area contributed by atoms with Gasteiger partial charge in [0.15, 0.2) is 0 Å². The third kappa shape index (κ3) is 4.08. The van der Waals surface area contributed by atoms with E-state index < -0.39 is 0 Å². The number of rotatable bonds is 3. The van der Waals surface area contributed by atoms with Gasteiger partial charge in [-0.3, -0.25) is 0 Å². The fourth-order valence-corrected chi connectivity index (χ4v) is 1.84. The average Bonchev–Trinajstić information content (AvgIpc) is 2.43. The third-order valence-corrected chi connectivity index (χ3v) is 2.98. The third-order valence-electron chi connectivity index (χ3n) is 2.98. The van der Waals surface area contributed by atoms with E-state index in [0.717, 1.165) is 12.7 Å². The Bertz CT molecular complexity index is 203.